The van der Waals surface area contributed by atoms with Crippen molar-refractivity contribution < 1.29 is 0 Å². The molecule has 0 radical (unpaired) electrons. The van der Waals surface area contributed by atoms with Crippen molar-refractivity contribution in [2.24, 2.45) is 0 Å². The van der Waals surface area contributed by atoms with Crippen LogP contribution in [0.5, 0.6) is 0 Å². The topological polar surface area (TPSA) is 31.9 Å². The number of aryl methyl sites for hydroxylation is 1. The molecule has 2 aromatic carbocycles. The molecular formula is C22H21N3S. The first kappa shape index (κ1) is 15.8. The largest absolute Gasteiger partial charge is 0.361 e. The number of fused-ring (bicyclic) bond motifs is 2. The molecule has 0 fully saturated rings. The number of benzene rings is 2. The minimum Gasteiger partial charge on any atom is -0.361 e. The second kappa shape index (κ2) is 6.08. The molecular weight excluding hydrogens is 338 g/mol. The Morgan fingerprint density at radius 2 is 2.08 bits per heavy atom. The van der Waals surface area contributed by atoms with Crippen LogP contribution in [0.25, 0.3) is 21.5 Å². The summed E-state index contributed by atoms with van der Waals surface area (Å²) in [6.45, 7) is 4.16. The van der Waals surface area contributed by atoms with Crippen LogP contribution in [0, 0.1) is 6.92 Å². The van der Waals surface area contributed by atoms with Gasteiger partial charge in [0.15, 0.2) is 0 Å². The number of aromatic nitrogens is 2. The number of H-pyrrole nitrogens is 1. The van der Waals surface area contributed by atoms with Crippen molar-refractivity contribution in [3.63, 3.8) is 0 Å². The van der Waals surface area contributed by atoms with Crippen LogP contribution in [0.1, 0.15) is 27.5 Å². The van der Waals surface area contributed by atoms with Gasteiger partial charge in [-0.2, -0.15) is 0 Å². The van der Waals surface area contributed by atoms with Gasteiger partial charge in [0, 0.05) is 47.4 Å². The Kier molecular flexibility index (Phi) is 3.69. The predicted octanol–water partition coefficient (Wildman–Crippen LogP) is 5.18. The smallest absolute Gasteiger partial charge is 0.123 e. The fourth-order valence-electron chi connectivity index (χ4n) is 4.04. The lowest BCUT2D eigenvalue weighted by Crippen LogP contribution is -2.31. The average Bonchev–Trinajstić information content (AvgIpc) is 3.28. The third kappa shape index (κ3) is 2.66. The molecule has 4 aromatic rings. The molecule has 1 N–H and O–H groups in total. The van der Waals surface area contributed by atoms with Crippen LogP contribution in [0.3, 0.4) is 0 Å². The van der Waals surface area contributed by atoms with Gasteiger partial charge in [-0.05, 0) is 60.3 Å². The van der Waals surface area contributed by atoms with Gasteiger partial charge >= 0.3 is 0 Å². The summed E-state index contributed by atoms with van der Waals surface area (Å²) in [6.07, 6.45) is 3.97. The molecule has 0 amide bonds. The average molecular weight is 359 g/mol. The molecule has 2 aromatic heterocycles. The van der Waals surface area contributed by atoms with E-state index in [1.54, 1.807) is 11.3 Å². The van der Waals surface area contributed by atoms with Gasteiger partial charge in [0.05, 0.1) is 0 Å². The Morgan fingerprint density at radius 3 is 2.92 bits per heavy atom. The molecule has 130 valence electrons. The van der Waals surface area contributed by atoms with Crippen LogP contribution < -0.4 is 0 Å². The molecule has 26 heavy (non-hydrogen) atoms. The molecule has 0 saturated heterocycles. The summed E-state index contributed by atoms with van der Waals surface area (Å²) < 4.78 is 0. The normalized spacial score (nSPS) is 17.5. The summed E-state index contributed by atoms with van der Waals surface area (Å²) >= 11 is 1.76. The SMILES string of the molecule is Cc1cnc(-c2ccc3c(c2)CN(C)CC3c2ccc3[nH]ccc3c2)s1. The maximum Gasteiger partial charge on any atom is 0.123 e. The van der Waals surface area contributed by atoms with Crippen LogP contribution in [-0.4, -0.2) is 28.5 Å². The van der Waals surface area contributed by atoms with Gasteiger partial charge in [0.25, 0.3) is 0 Å². The summed E-state index contributed by atoms with van der Waals surface area (Å²) in [5.74, 6) is 0.412. The number of nitrogens with zero attached hydrogens (tertiary/aromatic N) is 2. The Bertz CT molecular complexity index is 1090. The maximum absolute atomic E-state index is 4.56. The summed E-state index contributed by atoms with van der Waals surface area (Å²) in [4.78, 5) is 11.5. The molecule has 0 spiro atoms. The fourth-order valence-corrected chi connectivity index (χ4v) is 4.80. The van der Waals surface area contributed by atoms with E-state index in [2.05, 4.69) is 71.3 Å². The highest BCUT2D eigenvalue weighted by atomic mass is 32.1. The zero-order valence-electron chi connectivity index (χ0n) is 15.0. The first-order valence-corrected chi connectivity index (χ1v) is 9.80. The van der Waals surface area contributed by atoms with Crippen molar-refractivity contribution in [1.29, 1.82) is 0 Å². The number of hydrogen-bond donors (Lipinski definition) is 1. The second-order valence-corrected chi connectivity index (χ2v) is 8.50. The van der Waals surface area contributed by atoms with Gasteiger partial charge in [0.2, 0.25) is 0 Å². The summed E-state index contributed by atoms with van der Waals surface area (Å²) in [5.41, 5.74) is 6.70. The molecule has 3 heterocycles. The highest BCUT2D eigenvalue weighted by Gasteiger charge is 2.25. The lowest BCUT2D eigenvalue weighted by Gasteiger charge is -2.33. The summed E-state index contributed by atoms with van der Waals surface area (Å²) in [5, 5.41) is 2.40. The van der Waals surface area contributed by atoms with Crippen LogP contribution in [0.4, 0.5) is 0 Å². The second-order valence-electron chi connectivity index (χ2n) is 7.26. The number of hydrogen-bond acceptors (Lipinski definition) is 3. The molecule has 1 atom stereocenters. The number of aromatic amines is 1. The minimum absolute atomic E-state index is 0.412. The minimum atomic E-state index is 0.412. The van der Waals surface area contributed by atoms with Crippen LogP contribution in [-0.2, 0) is 6.54 Å². The van der Waals surface area contributed by atoms with E-state index >= 15 is 0 Å². The van der Waals surface area contributed by atoms with E-state index in [-0.39, 0.29) is 0 Å². The van der Waals surface area contributed by atoms with Gasteiger partial charge in [0.1, 0.15) is 5.01 Å². The van der Waals surface area contributed by atoms with Gasteiger partial charge in [-0.1, -0.05) is 18.2 Å². The fraction of sp³-hybridized carbons (Fsp3) is 0.227. The summed E-state index contributed by atoms with van der Waals surface area (Å²) in [6, 6.07) is 15.9. The molecule has 0 aliphatic carbocycles. The Morgan fingerprint density at radius 1 is 1.15 bits per heavy atom. The van der Waals surface area contributed by atoms with Crippen molar-refractivity contribution in [2.75, 3.05) is 13.6 Å². The molecule has 5 rings (SSSR count). The van der Waals surface area contributed by atoms with Crippen molar-refractivity contribution in [3.8, 4) is 10.6 Å². The molecule has 3 nitrogen and oxygen atoms in total. The predicted molar refractivity (Wildman–Crippen MR) is 109 cm³/mol. The molecule has 1 aliphatic heterocycles. The van der Waals surface area contributed by atoms with E-state index in [4.69, 9.17) is 0 Å². The zero-order valence-corrected chi connectivity index (χ0v) is 15.8. The Balaban J connectivity index is 1.59. The number of likely N-dealkylation sites (N-methyl/N-ethyl adjacent to an activating group) is 1. The lowest BCUT2D eigenvalue weighted by molar-refractivity contribution is 0.295. The highest BCUT2D eigenvalue weighted by molar-refractivity contribution is 7.14. The third-order valence-corrected chi connectivity index (χ3v) is 6.26. The molecule has 1 unspecified atom stereocenters. The monoisotopic (exact) mass is 359 g/mol. The van der Waals surface area contributed by atoms with Crippen LogP contribution in [0.2, 0.25) is 0 Å². The number of nitrogens with one attached hydrogen (secondary N) is 1. The van der Waals surface area contributed by atoms with Crippen molar-refractivity contribution >= 4 is 22.2 Å². The number of thiazole rings is 1. The Hall–Kier alpha value is -2.43. The quantitative estimate of drug-likeness (QED) is 0.535. The van der Waals surface area contributed by atoms with Gasteiger partial charge < -0.3 is 9.88 Å². The molecule has 1 aliphatic rings. The standard InChI is InChI=1S/C22H21N3S/c1-14-11-24-22(26-14)17-3-5-19-18(10-17)12-25(2)13-20(19)15-4-6-21-16(9-15)7-8-23-21/h3-11,20,23H,12-13H2,1-2H3. The summed E-state index contributed by atoms with van der Waals surface area (Å²) in [7, 11) is 2.21. The van der Waals surface area contributed by atoms with Gasteiger partial charge in [-0.25, -0.2) is 4.98 Å². The van der Waals surface area contributed by atoms with Crippen molar-refractivity contribution in [3.05, 3.63) is 76.4 Å². The van der Waals surface area contributed by atoms with Crippen molar-refractivity contribution in [2.45, 2.75) is 19.4 Å². The van der Waals surface area contributed by atoms with E-state index in [0.29, 0.717) is 5.92 Å². The first-order valence-electron chi connectivity index (χ1n) is 8.98. The van der Waals surface area contributed by atoms with E-state index in [9.17, 15) is 0 Å². The van der Waals surface area contributed by atoms with Crippen LogP contribution >= 0.6 is 11.3 Å². The maximum atomic E-state index is 4.56. The van der Waals surface area contributed by atoms with Gasteiger partial charge in [-0.15, -0.1) is 11.3 Å². The molecule has 0 bridgehead atoms. The Labute approximate surface area is 157 Å². The van der Waals surface area contributed by atoms with E-state index in [1.165, 1.54) is 38.0 Å². The van der Waals surface area contributed by atoms with Crippen LogP contribution in [0.15, 0.2) is 54.9 Å². The molecule has 4 heteroatoms. The van der Waals surface area contributed by atoms with E-state index in [1.807, 2.05) is 12.4 Å². The van der Waals surface area contributed by atoms with E-state index in [0.717, 1.165) is 18.1 Å². The van der Waals surface area contributed by atoms with Crippen molar-refractivity contribution in [1.82, 2.24) is 14.9 Å². The molecule has 0 saturated carbocycles. The lowest BCUT2D eigenvalue weighted by atomic mass is 9.84. The van der Waals surface area contributed by atoms with Gasteiger partial charge in [-0.3, -0.25) is 0 Å². The van der Waals surface area contributed by atoms with E-state index < -0.39 is 0 Å². The third-order valence-electron chi connectivity index (χ3n) is 5.30. The number of rotatable bonds is 2. The highest BCUT2D eigenvalue weighted by Crippen LogP contribution is 2.36. The zero-order chi connectivity index (χ0) is 17.7. The first-order chi connectivity index (χ1) is 12.7.